The van der Waals surface area contributed by atoms with Gasteiger partial charge in [0.25, 0.3) is 5.91 Å². The molecule has 0 spiro atoms. The van der Waals surface area contributed by atoms with Crippen LogP contribution in [-0.2, 0) is 16.1 Å². The van der Waals surface area contributed by atoms with Gasteiger partial charge in [-0.1, -0.05) is 23.7 Å². The third-order valence-electron chi connectivity index (χ3n) is 4.28. The van der Waals surface area contributed by atoms with Gasteiger partial charge in [-0.2, -0.15) is 5.10 Å². The average Bonchev–Trinajstić information content (AvgIpc) is 3.48. The van der Waals surface area contributed by atoms with Crippen molar-refractivity contribution in [3.05, 3.63) is 95.7 Å². The summed E-state index contributed by atoms with van der Waals surface area (Å²) in [5.41, 5.74) is 0.525. The Labute approximate surface area is 188 Å². The van der Waals surface area contributed by atoms with Gasteiger partial charge in [-0.15, -0.1) is 0 Å². The quantitative estimate of drug-likeness (QED) is 0.388. The van der Waals surface area contributed by atoms with Gasteiger partial charge in [-0.25, -0.2) is 4.79 Å². The van der Waals surface area contributed by atoms with Gasteiger partial charge in [0.2, 0.25) is 5.76 Å². The van der Waals surface area contributed by atoms with Crippen LogP contribution in [0.4, 0.5) is 5.69 Å². The summed E-state index contributed by atoms with van der Waals surface area (Å²) in [5.74, 6) is 0.442. The zero-order valence-corrected chi connectivity index (χ0v) is 17.5. The number of esters is 1. The summed E-state index contributed by atoms with van der Waals surface area (Å²) in [7, 11) is 0. The molecule has 0 radical (unpaired) electrons. The SMILES string of the molecule is O=C(COC(=O)c1ccc(Cn2cccn2)o1)Nc1ccc(Oc2ccccc2Cl)cc1. The van der Waals surface area contributed by atoms with E-state index in [1.807, 2.05) is 12.1 Å². The second-order valence-corrected chi connectivity index (χ2v) is 7.06. The zero-order valence-electron chi connectivity index (χ0n) is 16.7. The summed E-state index contributed by atoms with van der Waals surface area (Å²) in [6, 6.07) is 18.8. The smallest absolute Gasteiger partial charge is 0.374 e. The molecule has 4 rings (SSSR count). The topological polar surface area (TPSA) is 95.6 Å². The summed E-state index contributed by atoms with van der Waals surface area (Å²) in [4.78, 5) is 24.2. The fourth-order valence-electron chi connectivity index (χ4n) is 2.79. The molecule has 2 aromatic heterocycles. The molecule has 0 bridgehead atoms. The molecular weight excluding hydrogens is 434 g/mol. The molecule has 4 aromatic rings. The zero-order chi connectivity index (χ0) is 22.3. The number of furan rings is 1. The van der Waals surface area contributed by atoms with E-state index in [1.165, 1.54) is 6.07 Å². The molecule has 0 aliphatic heterocycles. The first-order valence-electron chi connectivity index (χ1n) is 9.62. The molecule has 0 atom stereocenters. The molecule has 8 nitrogen and oxygen atoms in total. The highest BCUT2D eigenvalue weighted by Gasteiger charge is 2.15. The maximum atomic E-state index is 12.1. The molecule has 32 heavy (non-hydrogen) atoms. The predicted octanol–water partition coefficient (Wildman–Crippen LogP) is 4.77. The number of halogens is 1. The first-order valence-corrected chi connectivity index (χ1v) is 10.0. The Balaban J connectivity index is 1.25. The van der Waals surface area contributed by atoms with Gasteiger partial charge < -0.3 is 19.2 Å². The molecule has 162 valence electrons. The van der Waals surface area contributed by atoms with Crippen LogP contribution < -0.4 is 10.1 Å². The normalized spacial score (nSPS) is 10.5. The number of hydrogen-bond donors (Lipinski definition) is 1. The van der Waals surface area contributed by atoms with Crippen LogP contribution in [0.2, 0.25) is 5.02 Å². The number of carbonyl (C=O) groups is 2. The minimum atomic E-state index is -0.727. The first-order chi connectivity index (χ1) is 15.6. The van der Waals surface area contributed by atoms with Crippen molar-refractivity contribution in [1.82, 2.24) is 9.78 Å². The van der Waals surface area contributed by atoms with Crippen molar-refractivity contribution in [2.45, 2.75) is 6.54 Å². The second kappa shape index (κ2) is 9.84. The largest absolute Gasteiger partial charge is 0.456 e. The molecule has 0 aliphatic rings. The lowest BCUT2D eigenvalue weighted by Gasteiger charge is -2.09. The van der Waals surface area contributed by atoms with Crippen molar-refractivity contribution in [1.29, 1.82) is 0 Å². The van der Waals surface area contributed by atoms with Gasteiger partial charge in [0.1, 0.15) is 17.3 Å². The van der Waals surface area contributed by atoms with Gasteiger partial charge in [-0.3, -0.25) is 9.48 Å². The molecule has 2 aromatic carbocycles. The molecule has 0 saturated heterocycles. The Kier molecular flexibility index (Phi) is 6.52. The number of para-hydroxylation sites is 1. The number of anilines is 1. The highest BCUT2D eigenvalue weighted by atomic mass is 35.5. The van der Waals surface area contributed by atoms with Crippen LogP contribution in [0.25, 0.3) is 0 Å². The van der Waals surface area contributed by atoms with Crippen LogP contribution >= 0.6 is 11.6 Å². The van der Waals surface area contributed by atoms with Crippen molar-refractivity contribution in [2.75, 3.05) is 11.9 Å². The van der Waals surface area contributed by atoms with E-state index < -0.39 is 18.5 Å². The van der Waals surface area contributed by atoms with Gasteiger partial charge in [0, 0.05) is 18.1 Å². The lowest BCUT2D eigenvalue weighted by molar-refractivity contribution is -0.119. The van der Waals surface area contributed by atoms with Gasteiger partial charge in [0.05, 0.1) is 11.6 Å². The third kappa shape index (κ3) is 5.55. The van der Waals surface area contributed by atoms with Crippen LogP contribution in [0, 0.1) is 0 Å². The monoisotopic (exact) mass is 451 g/mol. The fourth-order valence-corrected chi connectivity index (χ4v) is 2.96. The van der Waals surface area contributed by atoms with E-state index in [9.17, 15) is 9.59 Å². The van der Waals surface area contributed by atoms with Crippen LogP contribution in [0.5, 0.6) is 11.5 Å². The van der Waals surface area contributed by atoms with E-state index in [0.717, 1.165) is 0 Å². The molecule has 1 amide bonds. The maximum Gasteiger partial charge on any atom is 0.374 e. The second-order valence-electron chi connectivity index (χ2n) is 6.65. The van der Waals surface area contributed by atoms with E-state index in [2.05, 4.69) is 10.4 Å². The fraction of sp³-hybridized carbons (Fsp3) is 0.0870. The van der Waals surface area contributed by atoms with Crippen molar-refractivity contribution >= 4 is 29.2 Å². The number of amides is 1. The number of carbonyl (C=O) groups excluding carboxylic acids is 2. The highest BCUT2D eigenvalue weighted by Crippen LogP contribution is 2.29. The van der Waals surface area contributed by atoms with Crippen LogP contribution in [-0.4, -0.2) is 28.3 Å². The Morgan fingerprint density at radius 2 is 1.84 bits per heavy atom. The summed E-state index contributed by atoms with van der Waals surface area (Å²) in [6.07, 6.45) is 3.43. The minimum Gasteiger partial charge on any atom is -0.456 e. The van der Waals surface area contributed by atoms with Crippen LogP contribution in [0.3, 0.4) is 0 Å². The lowest BCUT2D eigenvalue weighted by Crippen LogP contribution is -2.20. The Bertz CT molecular complexity index is 1200. The Hall–Kier alpha value is -4.04. The number of hydrogen-bond acceptors (Lipinski definition) is 6. The van der Waals surface area contributed by atoms with Crippen molar-refractivity contribution in [3.63, 3.8) is 0 Å². The van der Waals surface area contributed by atoms with E-state index in [0.29, 0.717) is 34.5 Å². The molecule has 2 heterocycles. The number of aromatic nitrogens is 2. The van der Waals surface area contributed by atoms with Gasteiger partial charge >= 0.3 is 5.97 Å². The number of rotatable bonds is 8. The first kappa shape index (κ1) is 21.2. The van der Waals surface area contributed by atoms with Crippen molar-refractivity contribution in [3.8, 4) is 11.5 Å². The Morgan fingerprint density at radius 3 is 2.59 bits per heavy atom. The number of nitrogens with one attached hydrogen (secondary N) is 1. The van der Waals surface area contributed by atoms with Crippen molar-refractivity contribution < 1.29 is 23.5 Å². The van der Waals surface area contributed by atoms with E-state index in [-0.39, 0.29) is 5.76 Å². The van der Waals surface area contributed by atoms with Crippen molar-refractivity contribution in [2.24, 2.45) is 0 Å². The molecule has 9 heteroatoms. The van der Waals surface area contributed by atoms with Crippen LogP contribution in [0.1, 0.15) is 16.3 Å². The predicted molar refractivity (Wildman–Crippen MR) is 117 cm³/mol. The Morgan fingerprint density at radius 1 is 1.03 bits per heavy atom. The summed E-state index contributed by atoms with van der Waals surface area (Å²) < 4.78 is 17.8. The highest BCUT2D eigenvalue weighted by molar-refractivity contribution is 6.32. The number of ether oxygens (including phenoxy) is 2. The number of benzene rings is 2. The molecule has 0 fully saturated rings. The molecule has 0 aliphatic carbocycles. The maximum absolute atomic E-state index is 12.1. The summed E-state index contributed by atoms with van der Waals surface area (Å²) in [6.45, 7) is -0.0666. The average molecular weight is 452 g/mol. The number of nitrogens with zero attached hydrogens (tertiary/aromatic N) is 2. The standard InChI is InChI=1S/C23H18ClN3O5/c24-19-4-1-2-5-20(19)31-17-8-6-16(7-9-17)26-22(28)15-30-23(29)21-11-10-18(32-21)14-27-13-3-12-25-27/h1-13H,14-15H2,(H,26,28). The lowest BCUT2D eigenvalue weighted by atomic mass is 10.3. The third-order valence-corrected chi connectivity index (χ3v) is 4.59. The van der Waals surface area contributed by atoms with E-state index >= 15 is 0 Å². The minimum absolute atomic E-state index is 0.0148. The van der Waals surface area contributed by atoms with Gasteiger partial charge in [-0.05, 0) is 54.6 Å². The molecular formula is C23H18ClN3O5. The summed E-state index contributed by atoms with van der Waals surface area (Å²) >= 11 is 6.08. The van der Waals surface area contributed by atoms with Crippen LogP contribution in [0.15, 0.2) is 83.5 Å². The van der Waals surface area contributed by atoms with Gasteiger partial charge in [0.15, 0.2) is 6.61 Å². The summed E-state index contributed by atoms with van der Waals surface area (Å²) in [5, 5.41) is 7.21. The van der Waals surface area contributed by atoms with E-state index in [4.69, 9.17) is 25.5 Å². The molecule has 0 unspecified atom stereocenters. The molecule has 0 saturated carbocycles. The van der Waals surface area contributed by atoms with E-state index in [1.54, 1.807) is 65.6 Å². The molecule has 1 N–H and O–H groups in total.